The first-order chi connectivity index (χ1) is 4.34. The van der Waals surface area contributed by atoms with Crippen molar-refractivity contribution < 1.29 is 4.74 Å². The molecule has 0 saturated carbocycles. The van der Waals surface area contributed by atoms with Crippen LogP contribution in [-0.2, 0) is 4.74 Å². The molecule has 0 atom stereocenters. The third-order valence-electron chi connectivity index (χ3n) is 1.44. The van der Waals surface area contributed by atoms with E-state index >= 15 is 0 Å². The van der Waals surface area contributed by atoms with Gasteiger partial charge >= 0.3 is 0 Å². The summed E-state index contributed by atoms with van der Waals surface area (Å²) in [6, 6.07) is 0. The van der Waals surface area contributed by atoms with Gasteiger partial charge in [-0.15, -0.1) is 0 Å². The van der Waals surface area contributed by atoms with Crippen LogP contribution < -0.4 is 0 Å². The van der Waals surface area contributed by atoms with Gasteiger partial charge in [0.05, 0.1) is 6.54 Å². The van der Waals surface area contributed by atoms with E-state index in [2.05, 4.69) is 9.89 Å². The largest absolute Gasteiger partial charge is 0.377 e. The van der Waals surface area contributed by atoms with Crippen LogP contribution in [0.25, 0.3) is 0 Å². The van der Waals surface area contributed by atoms with Crippen molar-refractivity contribution in [1.82, 2.24) is 4.90 Å². The Morgan fingerprint density at radius 1 is 1.78 bits per heavy atom. The molecule has 0 fully saturated rings. The van der Waals surface area contributed by atoms with Crippen LogP contribution in [0.5, 0.6) is 0 Å². The summed E-state index contributed by atoms with van der Waals surface area (Å²) < 4.78 is 4.92. The molecule has 3 nitrogen and oxygen atoms in total. The SMILES string of the molecule is COCC1=NCCN1C. The highest BCUT2D eigenvalue weighted by Crippen LogP contribution is 1.96. The van der Waals surface area contributed by atoms with Crippen LogP contribution in [0.15, 0.2) is 4.99 Å². The Labute approximate surface area is 55.3 Å². The Morgan fingerprint density at radius 3 is 3.00 bits per heavy atom. The lowest BCUT2D eigenvalue weighted by atomic mass is 10.5. The molecule has 52 valence electrons. The average Bonchev–Trinajstić information content (AvgIpc) is 2.18. The van der Waals surface area contributed by atoms with Crippen LogP contribution in [0.1, 0.15) is 0 Å². The van der Waals surface area contributed by atoms with Crippen molar-refractivity contribution in [3.63, 3.8) is 0 Å². The van der Waals surface area contributed by atoms with Crippen LogP contribution in [0, 0.1) is 0 Å². The van der Waals surface area contributed by atoms with Crippen molar-refractivity contribution in [1.29, 1.82) is 0 Å². The lowest BCUT2D eigenvalue weighted by Gasteiger charge is -2.11. The van der Waals surface area contributed by atoms with E-state index in [0.717, 1.165) is 18.9 Å². The zero-order chi connectivity index (χ0) is 6.69. The molecule has 0 amide bonds. The summed E-state index contributed by atoms with van der Waals surface area (Å²) in [6.45, 7) is 2.62. The lowest BCUT2D eigenvalue weighted by molar-refractivity contribution is 0.236. The lowest BCUT2D eigenvalue weighted by Crippen LogP contribution is -2.25. The molecule has 0 aromatic heterocycles. The molecule has 9 heavy (non-hydrogen) atoms. The standard InChI is InChI=1S/C6H12N2O/c1-8-4-3-7-6(8)5-9-2/h3-5H2,1-2H3. The molecule has 0 aromatic carbocycles. The van der Waals surface area contributed by atoms with E-state index in [1.807, 2.05) is 7.05 Å². The molecule has 0 aromatic rings. The molecule has 0 radical (unpaired) electrons. The van der Waals surface area contributed by atoms with Gasteiger partial charge in [-0.05, 0) is 0 Å². The number of nitrogens with zero attached hydrogens (tertiary/aromatic N) is 2. The minimum Gasteiger partial charge on any atom is -0.377 e. The third-order valence-corrected chi connectivity index (χ3v) is 1.44. The van der Waals surface area contributed by atoms with Gasteiger partial charge in [-0.25, -0.2) is 0 Å². The fourth-order valence-corrected chi connectivity index (χ4v) is 0.864. The Kier molecular flexibility index (Phi) is 2.05. The molecule has 1 aliphatic heterocycles. The second-order valence-electron chi connectivity index (χ2n) is 2.15. The summed E-state index contributed by atoms with van der Waals surface area (Å²) in [5, 5.41) is 0. The number of ether oxygens (including phenoxy) is 1. The first kappa shape index (κ1) is 6.55. The second-order valence-corrected chi connectivity index (χ2v) is 2.15. The molecule has 1 rings (SSSR count). The van der Waals surface area contributed by atoms with E-state index in [4.69, 9.17) is 4.74 Å². The summed E-state index contributed by atoms with van der Waals surface area (Å²) in [6.07, 6.45) is 0. The normalized spacial score (nSPS) is 18.4. The summed E-state index contributed by atoms with van der Waals surface area (Å²) in [4.78, 5) is 6.34. The molecular formula is C6H12N2O. The maximum atomic E-state index is 4.92. The van der Waals surface area contributed by atoms with Crippen molar-refractivity contribution in [3.05, 3.63) is 0 Å². The summed E-state index contributed by atoms with van der Waals surface area (Å²) in [7, 11) is 3.72. The maximum Gasteiger partial charge on any atom is 0.125 e. The van der Waals surface area contributed by atoms with Crippen LogP contribution in [0.2, 0.25) is 0 Å². The van der Waals surface area contributed by atoms with Crippen LogP contribution in [-0.4, -0.2) is 44.6 Å². The number of methoxy groups -OCH3 is 1. The smallest absolute Gasteiger partial charge is 0.125 e. The first-order valence-electron chi connectivity index (χ1n) is 3.08. The molecule has 0 saturated heterocycles. The first-order valence-corrected chi connectivity index (χ1v) is 3.08. The third kappa shape index (κ3) is 1.42. The van der Waals surface area contributed by atoms with E-state index in [1.165, 1.54) is 0 Å². The Bertz CT molecular complexity index is 122. The fourth-order valence-electron chi connectivity index (χ4n) is 0.864. The van der Waals surface area contributed by atoms with E-state index in [9.17, 15) is 0 Å². The van der Waals surface area contributed by atoms with Gasteiger partial charge in [0.25, 0.3) is 0 Å². The molecule has 3 heteroatoms. The van der Waals surface area contributed by atoms with Gasteiger partial charge in [-0.1, -0.05) is 0 Å². The summed E-state index contributed by atoms with van der Waals surface area (Å²) >= 11 is 0. The summed E-state index contributed by atoms with van der Waals surface area (Å²) in [5.41, 5.74) is 0. The number of hydrogen-bond donors (Lipinski definition) is 0. The minimum absolute atomic E-state index is 0.649. The second kappa shape index (κ2) is 2.82. The van der Waals surface area contributed by atoms with Gasteiger partial charge in [0.15, 0.2) is 0 Å². The van der Waals surface area contributed by atoms with Gasteiger partial charge in [-0.2, -0.15) is 0 Å². The molecule has 0 bridgehead atoms. The molecular weight excluding hydrogens is 116 g/mol. The Hall–Kier alpha value is -0.570. The molecule has 0 spiro atoms. The van der Waals surface area contributed by atoms with Gasteiger partial charge in [0, 0.05) is 20.7 Å². The van der Waals surface area contributed by atoms with E-state index in [-0.39, 0.29) is 0 Å². The van der Waals surface area contributed by atoms with Crippen molar-refractivity contribution >= 4 is 5.84 Å². The predicted molar refractivity (Wildman–Crippen MR) is 36.8 cm³/mol. The zero-order valence-electron chi connectivity index (χ0n) is 5.92. The van der Waals surface area contributed by atoms with Gasteiger partial charge in [0.1, 0.15) is 12.4 Å². The van der Waals surface area contributed by atoms with Crippen LogP contribution in [0.3, 0.4) is 0 Å². The van der Waals surface area contributed by atoms with Crippen LogP contribution >= 0.6 is 0 Å². The van der Waals surface area contributed by atoms with Gasteiger partial charge < -0.3 is 9.64 Å². The van der Waals surface area contributed by atoms with Gasteiger partial charge in [0.2, 0.25) is 0 Å². The highest BCUT2D eigenvalue weighted by Gasteiger charge is 2.10. The monoisotopic (exact) mass is 128 g/mol. The molecule has 0 N–H and O–H groups in total. The van der Waals surface area contributed by atoms with E-state index in [1.54, 1.807) is 7.11 Å². The molecule has 1 aliphatic rings. The number of amidine groups is 1. The van der Waals surface area contributed by atoms with Crippen molar-refractivity contribution in [2.24, 2.45) is 4.99 Å². The Morgan fingerprint density at radius 2 is 2.56 bits per heavy atom. The molecule has 0 unspecified atom stereocenters. The highest BCUT2D eigenvalue weighted by atomic mass is 16.5. The van der Waals surface area contributed by atoms with Crippen molar-refractivity contribution in [2.75, 3.05) is 33.9 Å². The van der Waals surface area contributed by atoms with E-state index < -0.39 is 0 Å². The predicted octanol–water partition coefficient (Wildman–Crippen LogP) is -0.0233. The van der Waals surface area contributed by atoms with E-state index in [0.29, 0.717) is 6.61 Å². The highest BCUT2D eigenvalue weighted by molar-refractivity contribution is 5.84. The van der Waals surface area contributed by atoms with Crippen molar-refractivity contribution in [2.45, 2.75) is 0 Å². The molecule has 1 heterocycles. The number of rotatable bonds is 2. The van der Waals surface area contributed by atoms with Crippen molar-refractivity contribution in [3.8, 4) is 0 Å². The van der Waals surface area contributed by atoms with Gasteiger partial charge in [-0.3, -0.25) is 4.99 Å². The number of hydrogen-bond acceptors (Lipinski definition) is 3. The summed E-state index contributed by atoms with van der Waals surface area (Å²) in [5.74, 6) is 1.07. The number of likely N-dealkylation sites (N-methyl/N-ethyl adjacent to an activating group) is 1. The number of aliphatic imine (C=N–C) groups is 1. The Balaban J connectivity index is 2.38. The average molecular weight is 128 g/mol. The fraction of sp³-hybridized carbons (Fsp3) is 0.833. The maximum absolute atomic E-state index is 4.92. The quantitative estimate of drug-likeness (QED) is 0.522. The van der Waals surface area contributed by atoms with Crippen LogP contribution in [0.4, 0.5) is 0 Å². The molecule has 0 aliphatic carbocycles. The zero-order valence-corrected chi connectivity index (χ0v) is 5.92. The minimum atomic E-state index is 0.649. The topological polar surface area (TPSA) is 24.8 Å².